The number of nitrogens with two attached hydrogens (primary N) is 1. The van der Waals surface area contributed by atoms with Gasteiger partial charge in [-0.25, -0.2) is 9.97 Å². The molecule has 108 valence electrons. The molecule has 0 bridgehead atoms. The molecule has 0 radical (unpaired) electrons. The van der Waals surface area contributed by atoms with Gasteiger partial charge in [-0.05, 0) is 27.9 Å². The van der Waals surface area contributed by atoms with Crippen molar-refractivity contribution in [3.05, 3.63) is 11.4 Å². The molecule has 0 aliphatic rings. The first-order chi connectivity index (χ1) is 8.75. The maximum Gasteiger partial charge on any atom is 0.134 e. The third kappa shape index (κ3) is 4.65. The van der Waals surface area contributed by atoms with Gasteiger partial charge in [0.05, 0.1) is 5.60 Å². The fraction of sp³-hybridized carbons (Fsp3) is 0.692. The van der Waals surface area contributed by atoms with Gasteiger partial charge in [-0.3, -0.25) is 0 Å². The van der Waals surface area contributed by atoms with Crippen LogP contribution in [-0.2, 0) is 6.42 Å². The van der Waals surface area contributed by atoms with Crippen LogP contribution < -0.4 is 11.1 Å². The van der Waals surface area contributed by atoms with Crippen LogP contribution in [0.5, 0.6) is 0 Å². The zero-order valence-electron chi connectivity index (χ0n) is 12.5. The molecule has 1 heterocycles. The summed E-state index contributed by atoms with van der Waals surface area (Å²) >= 11 is 0. The second kappa shape index (κ2) is 6.16. The highest BCUT2D eigenvalue weighted by molar-refractivity contribution is 5.54. The summed E-state index contributed by atoms with van der Waals surface area (Å²) < 4.78 is 0. The third-order valence-corrected chi connectivity index (χ3v) is 2.84. The quantitative estimate of drug-likeness (QED) is 0.701. The summed E-state index contributed by atoms with van der Waals surface area (Å²) in [4.78, 5) is 10.6. The standard InChI is InChI=1S/C13H25N5O/c1-6-10-16-11(14)9(2)12(17-10)15-7-13(3,19)8-18(4)5/h19H,6-8H2,1-5H3,(H3,14,15,16,17). The number of aromatic nitrogens is 2. The van der Waals surface area contributed by atoms with Crippen molar-refractivity contribution in [3.63, 3.8) is 0 Å². The molecule has 0 aliphatic carbocycles. The maximum absolute atomic E-state index is 10.3. The molecule has 0 saturated heterocycles. The van der Waals surface area contributed by atoms with E-state index in [1.54, 1.807) is 6.92 Å². The fourth-order valence-electron chi connectivity index (χ4n) is 1.92. The SMILES string of the molecule is CCc1nc(N)c(C)c(NCC(C)(O)CN(C)C)n1. The summed E-state index contributed by atoms with van der Waals surface area (Å²) in [6.07, 6.45) is 0.729. The lowest BCUT2D eigenvalue weighted by Crippen LogP contribution is -2.43. The molecule has 6 nitrogen and oxygen atoms in total. The molecule has 0 saturated carbocycles. The van der Waals surface area contributed by atoms with Crippen LogP contribution in [0.3, 0.4) is 0 Å². The molecule has 0 aromatic carbocycles. The van der Waals surface area contributed by atoms with E-state index in [4.69, 9.17) is 5.73 Å². The number of aryl methyl sites for hydroxylation is 1. The molecular formula is C13H25N5O. The van der Waals surface area contributed by atoms with Gasteiger partial charge in [-0.1, -0.05) is 6.92 Å². The smallest absolute Gasteiger partial charge is 0.134 e. The fourth-order valence-corrected chi connectivity index (χ4v) is 1.92. The van der Waals surface area contributed by atoms with E-state index in [1.165, 1.54) is 0 Å². The van der Waals surface area contributed by atoms with E-state index in [1.807, 2.05) is 32.8 Å². The summed E-state index contributed by atoms with van der Waals surface area (Å²) in [5.74, 6) is 1.89. The molecule has 1 atom stereocenters. The zero-order valence-corrected chi connectivity index (χ0v) is 12.5. The van der Waals surface area contributed by atoms with E-state index >= 15 is 0 Å². The van der Waals surface area contributed by atoms with Gasteiger partial charge in [-0.15, -0.1) is 0 Å². The van der Waals surface area contributed by atoms with Crippen LogP contribution >= 0.6 is 0 Å². The number of anilines is 2. The number of hydrogen-bond donors (Lipinski definition) is 3. The average molecular weight is 267 g/mol. The number of likely N-dealkylation sites (N-methyl/N-ethyl adjacent to an activating group) is 1. The minimum Gasteiger partial charge on any atom is -0.387 e. The summed E-state index contributed by atoms with van der Waals surface area (Å²) in [6.45, 7) is 6.63. The molecule has 0 fully saturated rings. The first-order valence-corrected chi connectivity index (χ1v) is 6.49. The number of hydrogen-bond acceptors (Lipinski definition) is 6. The molecule has 1 aromatic heterocycles. The van der Waals surface area contributed by atoms with Crippen LogP contribution in [0, 0.1) is 6.92 Å². The Hall–Kier alpha value is -1.40. The Balaban J connectivity index is 2.80. The first kappa shape index (κ1) is 15.7. The van der Waals surface area contributed by atoms with Gasteiger partial charge < -0.3 is 21.1 Å². The van der Waals surface area contributed by atoms with Crippen LogP contribution in [0.15, 0.2) is 0 Å². The normalized spacial score (nSPS) is 14.5. The van der Waals surface area contributed by atoms with E-state index in [9.17, 15) is 5.11 Å². The van der Waals surface area contributed by atoms with Crippen LogP contribution in [0.4, 0.5) is 11.6 Å². The Morgan fingerprint density at radius 3 is 2.53 bits per heavy atom. The largest absolute Gasteiger partial charge is 0.387 e. The molecule has 1 aromatic rings. The van der Waals surface area contributed by atoms with Crippen molar-refractivity contribution in [1.82, 2.24) is 14.9 Å². The average Bonchev–Trinajstić information content (AvgIpc) is 2.29. The number of nitrogens with one attached hydrogen (secondary N) is 1. The molecule has 1 rings (SSSR count). The second-order valence-corrected chi connectivity index (χ2v) is 5.44. The lowest BCUT2D eigenvalue weighted by Gasteiger charge is -2.27. The van der Waals surface area contributed by atoms with E-state index < -0.39 is 5.60 Å². The molecule has 4 N–H and O–H groups in total. The van der Waals surface area contributed by atoms with Gasteiger partial charge in [0.15, 0.2) is 0 Å². The van der Waals surface area contributed by atoms with Crippen molar-refractivity contribution in [3.8, 4) is 0 Å². The van der Waals surface area contributed by atoms with Gasteiger partial charge in [0.1, 0.15) is 17.5 Å². The number of nitrogen functional groups attached to an aromatic ring is 1. The summed E-state index contributed by atoms with van der Waals surface area (Å²) in [5, 5.41) is 13.4. The predicted octanol–water partition coefficient (Wildman–Crippen LogP) is 0.654. The molecular weight excluding hydrogens is 242 g/mol. The Bertz CT molecular complexity index is 431. The maximum atomic E-state index is 10.3. The Labute approximate surface area is 115 Å². The van der Waals surface area contributed by atoms with Gasteiger partial charge in [0.2, 0.25) is 0 Å². The van der Waals surface area contributed by atoms with Gasteiger partial charge >= 0.3 is 0 Å². The van der Waals surface area contributed by atoms with Crippen molar-refractivity contribution < 1.29 is 5.11 Å². The van der Waals surface area contributed by atoms with E-state index in [0.29, 0.717) is 30.5 Å². The Kier molecular flexibility index (Phi) is 5.08. The van der Waals surface area contributed by atoms with Crippen molar-refractivity contribution in [2.75, 3.05) is 38.2 Å². The Morgan fingerprint density at radius 1 is 1.37 bits per heavy atom. The number of rotatable bonds is 6. The molecule has 6 heteroatoms. The third-order valence-electron chi connectivity index (χ3n) is 2.84. The molecule has 0 spiro atoms. The minimum absolute atomic E-state index is 0.408. The van der Waals surface area contributed by atoms with E-state index in [-0.39, 0.29) is 0 Å². The number of nitrogens with zero attached hydrogens (tertiary/aromatic N) is 3. The van der Waals surface area contributed by atoms with Crippen LogP contribution in [0.2, 0.25) is 0 Å². The highest BCUT2D eigenvalue weighted by atomic mass is 16.3. The number of aliphatic hydroxyl groups is 1. The van der Waals surface area contributed by atoms with Crippen molar-refractivity contribution in [2.45, 2.75) is 32.8 Å². The van der Waals surface area contributed by atoms with Crippen LogP contribution in [0.1, 0.15) is 25.2 Å². The van der Waals surface area contributed by atoms with E-state index in [0.717, 1.165) is 12.0 Å². The molecule has 19 heavy (non-hydrogen) atoms. The Morgan fingerprint density at radius 2 is 2.00 bits per heavy atom. The molecule has 1 unspecified atom stereocenters. The summed E-state index contributed by atoms with van der Waals surface area (Å²) in [5.41, 5.74) is 5.84. The van der Waals surface area contributed by atoms with Crippen LogP contribution in [-0.4, -0.2) is 52.8 Å². The lowest BCUT2D eigenvalue weighted by atomic mass is 10.1. The van der Waals surface area contributed by atoms with Gasteiger partial charge in [0.25, 0.3) is 0 Å². The zero-order chi connectivity index (χ0) is 14.6. The lowest BCUT2D eigenvalue weighted by molar-refractivity contribution is 0.0459. The first-order valence-electron chi connectivity index (χ1n) is 6.49. The minimum atomic E-state index is -0.831. The molecule has 0 aliphatic heterocycles. The highest BCUT2D eigenvalue weighted by Gasteiger charge is 2.22. The van der Waals surface area contributed by atoms with Gasteiger partial charge in [-0.2, -0.15) is 0 Å². The monoisotopic (exact) mass is 267 g/mol. The summed E-state index contributed by atoms with van der Waals surface area (Å²) in [6, 6.07) is 0. The van der Waals surface area contributed by atoms with Crippen molar-refractivity contribution >= 4 is 11.6 Å². The second-order valence-electron chi connectivity index (χ2n) is 5.44. The van der Waals surface area contributed by atoms with Crippen molar-refractivity contribution in [2.24, 2.45) is 0 Å². The highest BCUT2D eigenvalue weighted by Crippen LogP contribution is 2.18. The predicted molar refractivity (Wildman–Crippen MR) is 78.2 cm³/mol. The molecule has 0 amide bonds. The van der Waals surface area contributed by atoms with Crippen molar-refractivity contribution in [1.29, 1.82) is 0 Å². The van der Waals surface area contributed by atoms with Gasteiger partial charge in [0, 0.05) is 25.1 Å². The van der Waals surface area contributed by atoms with Crippen LogP contribution in [0.25, 0.3) is 0 Å². The van der Waals surface area contributed by atoms with E-state index in [2.05, 4.69) is 15.3 Å². The topological polar surface area (TPSA) is 87.3 Å². The summed E-state index contributed by atoms with van der Waals surface area (Å²) in [7, 11) is 3.86.